The fourth-order valence-electron chi connectivity index (χ4n) is 3.49. The molecule has 0 aliphatic carbocycles. The molecule has 1 atom stereocenters. The maximum Gasteiger partial charge on any atom is 0.305 e. The zero-order valence-electron chi connectivity index (χ0n) is 19.7. The number of unbranched alkanes of at least 4 members (excludes halogenated alkanes) is 15. The number of rotatable bonds is 24. The van der Waals surface area contributed by atoms with Crippen LogP contribution in [0.2, 0.25) is 0 Å². The molecule has 0 unspecified atom stereocenters. The minimum absolute atomic E-state index is 0.0000771. The Morgan fingerprint density at radius 3 is 1.67 bits per heavy atom. The Morgan fingerprint density at radius 2 is 1.20 bits per heavy atom. The van der Waals surface area contributed by atoms with Gasteiger partial charge in [0.2, 0.25) is 0 Å². The third-order valence-electron chi connectivity index (χ3n) is 5.40. The summed E-state index contributed by atoms with van der Waals surface area (Å²) < 4.78 is 10.4. The number of esters is 1. The summed E-state index contributed by atoms with van der Waals surface area (Å²) in [6, 6.07) is 0. The Hall–Kier alpha value is -0.320. The highest BCUT2D eigenvalue weighted by atomic mass is 35.5. The summed E-state index contributed by atoms with van der Waals surface area (Å²) in [5, 5.41) is 9.73. The second-order valence-corrected chi connectivity index (χ2v) is 8.89. The number of carbonyl (C=O) groups is 1. The molecule has 0 aliphatic heterocycles. The highest BCUT2D eigenvalue weighted by molar-refractivity contribution is 6.17. The summed E-state index contributed by atoms with van der Waals surface area (Å²) in [7, 11) is 0. The van der Waals surface area contributed by atoms with Crippen molar-refractivity contribution in [1.29, 1.82) is 0 Å². The van der Waals surface area contributed by atoms with Gasteiger partial charge in [0, 0.05) is 18.9 Å². The number of hydrogen-bond donors (Lipinski definition) is 1. The lowest BCUT2D eigenvalue weighted by molar-refractivity contribution is -0.147. The smallest absolute Gasteiger partial charge is 0.305 e. The van der Waals surface area contributed by atoms with Crippen LogP contribution >= 0.6 is 11.6 Å². The minimum Gasteiger partial charge on any atom is -0.463 e. The molecule has 0 bridgehead atoms. The Balaban J connectivity index is 3.16. The molecule has 0 amide bonds. The molecule has 5 heteroatoms. The molecule has 30 heavy (non-hydrogen) atoms. The van der Waals surface area contributed by atoms with Gasteiger partial charge >= 0.3 is 5.97 Å². The van der Waals surface area contributed by atoms with Crippen LogP contribution in [0, 0.1) is 0 Å². The summed E-state index contributed by atoms with van der Waals surface area (Å²) in [5.41, 5.74) is 0. The lowest BCUT2D eigenvalue weighted by Crippen LogP contribution is -2.24. The summed E-state index contributed by atoms with van der Waals surface area (Å²) in [6.07, 6.45) is 21.8. The average molecular weight is 449 g/mol. The van der Waals surface area contributed by atoms with Crippen LogP contribution in [0.5, 0.6) is 0 Å². The van der Waals surface area contributed by atoms with Gasteiger partial charge in [-0.05, 0) is 12.8 Å². The van der Waals surface area contributed by atoms with Crippen LogP contribution in [-0.4, -0.2) is 42.9 Å². The molecular formula is C25H49ClO4. The van der Waals surface area contributed by atoms with Gasteiger partial charge in [-0.15, -0.1) is 11.6 Å². The maximum absolute atomic E-state index is 11.3. The number of ether oxygens (including phenoxy) is 2. The predicted octanol–water partition coefficient (Wildman–Crippen LogP) is 7.19. The molecular weight excluding hydrogens is 400 g/mol. The normalized spacial score (nSPS) is 12.2. The van der Waals surface area contributed by atoms with E-state index in [9.17, 15) is 9.90 Å². The summed E-state index contributed by atoms with van der Waals surface area (Å²) >= 11 is 5.52. The number of aliphatic hydroxyl groups excluding tert-OH is 1. The second-order valence-electron chi connectivity index (χ2n) is 8.51. The Morgan fingerprint density at radius 1 is 0.733 bits per heavy atom. The molecule has 0 heterocycles. The minimum atomic E-state index is -0.744. The van der Waals surface area contributed by atoms with Crippen molar-refractivity contribution in [3.63, 3.8) is 0 Å². The van der Waals surface area contributed by atoms with Crippen LogP contribution in [0.15, 0.2) is 0 Å². The van der Waals surface area contributed by atoms with E-state index in [4.69, 9.17) is 21.1 Å². The summed E-state index contributed by atoms with van der Waals surface area (Å²) in [5.74, 6) is 0.132. The zero-order chi connectivity index (χ0) is 22.1. The van der Waals surface area contributed by atoms with Crippen molar-refractivity contribution in [2.24, 2.45) is 0 Å². The molecule has 0 saturated carbocycles. The lowest BCUT2D eigenvalue weighted by atomic mass is 10.0. The number of carbonyl (C=O) groups excluding carboxylic acids is 1. The number of alkyl halides is 1. The molecule has 0 aromatic heterocycles. The van der Waals surface area contributed by atoms with Crippen LogP contribution in [0.1, 0.15) is 122 Å². The first-order valence-electron chi connectivity index (χ1n) is 12.7. The molecule has 0 fully saturated rings. The van der Waals surface area contributed by atoms with E-state index in [-0.39, 0.29) is 19.2 Å². The first-order chi connectivity index (χ1) is 14.7. The van der Waals surface area contributed by atoms with Crippen molar-refractivity contribution in [1.82, 2.24) is 0 Å². The Kier molecular flexibility index (Phi) is 24.7. The highest BCUT2D eigenvalue weighted by Gasteiger charge is 2.08. The van der Waals surface area contributed by atoms with Crippen LogP contribution in [0.3, 0.4) is 0 Å². The van der Waals surface area contributed by atoms with Crippen molar-refractivity contribution in [3.8, 4) is 0 Å². The van der Waals surface area contributed by atoms with E-state index >= 15 is 0 Å². The monoisotopic (exact) mass is 448 g/mol. The zero-order valence-corrected chi connectivity index (χ0v) is 20.4. The van der Waals surface area contributed by atoms with E-state index in [2.05, 4.69) is 6.92 Å². The van der Waals surface area contributed by atoms with E-state index in [1.165, 1.54) is 96.3 Å². The summed E-state index contributed by atoms with van der Waals surface area (Å²) in [6.45, 7) is 3.16. The number of aliphatic hydroxyl groups is 1. The Bertz CT molecular complexity index is 352. The number of hydrogen-bond acceptors (Lipinski definition) is 4. The van der Waals surface area contributed by atoms with E-state index in [0.29, 0.717) is 25.3 Å². The van der Waals surface area contributed by atoms with Crippen molar-refractivity contribution < 1.29 is 19.4 Å². The van der Waals surface area contributed by atoms with Crippen LogP contribution in [0.25, 0.3) is 0 Å². The van der Waals surface area contributed by atoms with Crippen molar-refractivity contribution in [2.75, 3.05) is 25.7 Å². The van der Waals surface area contributed by atoms with Gasteiger partial charge in [-0.2, -0.15) is 0 Å². The first-order valence-corrected chi connectivity index (χ1v) is 13.2. The molecule has 0 radical (unpaired) electrons. The molecule has 0 aliphatic rings. The van der Waals surface area contributed by atoms with Gasteiger partial charge in [-0.3, -0.25) is 4.79 Å². The van der Waals surface area contributed by atoms with Gasteiger partial charge in [0.1, 0.15) is 12.7 Å². The largest absolute Gasteiger partial charge is 0.463 e. The van der Waals surface area contributed by atoms with Gasteiger partial charge in [-0.1, -0.05) is 103 Å². The molecule has 0 spiro atoms. The van der Waals surface area contributed by atoms with Crippen LogP contribution in [0.4, 0.5) is 0 Å². The molecule has 0 saturated heterocycles. The molecule has 0 aromatic rings. The second kappa shape index (κ2) is 24.9. The first kappa shape index (κ1) is 29.7. The molecule has 4 nitrogen and oxygen atoms in total. The van der Waals surface area contributed by atoms with E-state index in [1.807, 2.05) is 0 Å². The van der Waals surface area contributed by atoms with Gasteiger partial charge in [0.25, 0.3) is 0 Å². The fraction of sp³-hybridized carbons (Fsp3) is 0.960. The highest BCUT2D eigenvalue weighted by Crippen LogP contribution is 2.13. The summed E-state index contributed by atoms with van der Waals surface area (Å²) in [4.78, 5) is 11.3. The van der Waals surface area contributed by atoms with Gasteiger partial charge in [-0.25, -0.2) is 0 Å². The van der Waals surface area contributed by atoms with E-state index < -0.39 is 6.10 Å². The topological polar surface area (TPSA) is 55.8 Å². The third kappa shape index (κ3) is 24.0. The Labute approximate surface area is 191 Å². The lowest BCUT2D eigenvalue weighted by Gasteiger charge is -2.11. The fourth-order valence-corrected chi connectivity index (χ4v) is 3.63. The maximum atomic E-state index is 11.3. The third-order valence-corrected chi connectivity index (χ3v) is 5.67. The molecule has 0 aromatic carbocycles. The van der Waals surface area contributed by atoms with Crippen LogP contribution < -0.4 is 0 Å². The van der Waals surface area contributed by atoms with Crippen LogP contribution in [-0.2, 0) is 14.3 Å². The van der Waals surface area contributed by atoms with E-state index in [1.54, 1.807) is 0 Å². The van der Waals surface area contributed by atoms with Crippen molar-refractivity contribution in [2.45, 2.75) is 129 Å². The van der Waals surface area contributed by atoms with Gasteiger partial charge in [0.15, 0.2) is 0 Å². The standard InChI is InChI=1S/C25H49ClO4/c1-2-3-4-5-6-7-8-9-10-11-12-13-14-15-16-17-21-29-22-24(27)23-30-25(28)19-18-20-26/h24,27H,2-23H2,1H3/t24-/m1/s1. The van der Waals surface area contributed by atoms with Crippen molar-refractivity contribution >= 4 is 17.6 Å². The quantitative estimate of drug-likeness (QED) is 0.0963. The SMILES string of the molecule is CCCCCCCCCCCCCCCCCCOC[C@@H](O)COC(=O)CCCCl. The predicted molar refractivity (Wildman–Crippen MR) is 127 cm³/mol. The van der Waals surface area contributed by atoms with Gasteiger partial charge < -0.3 is 14.6 Å². The van der Waals surface area contributed by atoms with Crippen molar-refractivity contribution in [3.05, 3.63) is 0 Å². The molecule has 0 rings (SSSR count). The molecule has 180 valence electrons. The van der Waals surface area contributed by atoms with E-state index in [0.717, 1.165) is 6.42 Å². The average Bonchev–Trinajstić information content (AvgIpc) is 2.75. The van der Waals surface area contributed by atoms with Gasteiger partial charge in [0.05, 0.1) is 6.61 Å². The molecule has 1 N–H and O–H groups in total. The number of halogens is 1.